The molecular formula is C17H23N3O2S. The zero-order valence-electron chi connectivity index (χ0n) is 13.8. The van der Waals surface area contributed by atoms with Crippen molar-refractivity contribution in [2.75, 3.05) is 18.0 Å². The van der Waals surface area contributed by atoms with Crippen LogP contribution in [0.5, 0.6) is 0 Å². The number of carbonyl (C=O) groups is 1. The summed E-state index contributed by atoms with van der Waals surface area (Å²) in [5, 5.41) is 4.01. The van der Waals surface area contributed by atoms with Crippen LogP contribution >= 0.6 is 11.3 Å². The topological polar surface area (TPSA) is 54.5 Å². The predicted octanol–water partition coefficient (Wildman–Crippen LogP) is 3.79. The summed E-state index contributed by atoms with van der Waals surface area (Å²) in [5.41, 5.74) is 0.570. The van der Waals surface area contributed by atoms with Crippen LogP contribution in [0.4, 0.5) is 9.93 Å². The van der Waals surface area contributed by atoms with Gasteiger partial charge in [-0.15, -0.1) is 0 Å². The number of hydrogen-bond acceptors (Lipinski definition) is 5. The second kappa shape index (κ2) is 6.35. The van der Waals surface area contributed by atoms with Crippen LogP contribution in [-0.4, -0.2) is 35.8 Å². The molecule has 1 N–H and O–H groups in total. The fourth-order valence-corrected chi connectivity index (χ4v) is 3.74. The molecule has 1 atom stereocenters. The summed E-state index contributed by atoms with van der Waals surface area (Å²) in [7, 11) is 0. The second-order valence-electron chi connectivity index (χ2n) is 6.90. The molecule has 0 aliphatic carbocycles. The molecule has 3 rings (SSSR count). The summed E-state index contributed by atoms with van der Waals surface area (Å²) in [6, 6.07) is 8.28. The molecule has 124 valence electrons. The Hall–Kier alpha value is -1.82. The first-order valence-corrected chi connectivity index (χ1v) is 8.82. The van der Waals surface area contributed by atoms with Gasteiger partial charge in [0.15, 0.2) is 5.13 Å². The molecule has 0 spiro atoms. The SMILES string of the molecule is CC(C)(C)OC(=O)NC1CCCN(c2nc3ccccc3s2)C1. The molecule has 1 aliphatic rings. The number of aromatic nitrogens is 1. The third kappa shape index (κ3) is 4.13. The predicted molar refractivity (Wildman–Crippen MR) is 94.2 cm³/mol. The smallest absolute Gasteiger partial charge is 0.407 e. The van der Waals surface area contributed by atoms with Crippen LogP contribution in [-0.2, 0) is 4.74 Å². The highest BCUT2D eigenvalue weighted by Crippen LogP contribution is 2.30. The number of ether oxygens (including phenoxy) is 1. The Morgan fingerprint density at radius 1 is 1.39 bits per heavy atom. The van der Waals surface area contributed by atoms with Crippen molar-refractivity contribution in [3.8, 4) is 0 Å². The van der Waals surface area contributed by atoms with E-state index in [4.69, 9.17) is 9.72 Å². The number of thiazole rings is 1. The van der Waals surface area contributed by atoms with Gasteiger partial charge in [0.2, 0.25) is 0 Å². The molecule has 1 fully saturated rings. The van der Waals surface area contributed by atoms with Crippen molar-refractivity contribution in [3.63, 3.8) is 0 Å². The summed E-state index contributed by atoms with van der Waals surface area (Å²) in [6.45, 7) is 7.38. The Kier molecular flexibility index (Phi) is 4.43. The van der Waals surface area contributed by atoms with Gasteiger partial charge >= 0.3 is 6.09 Å². The molecule has 1 aliphatic heterocycles. The van der Waals surface area contributed by atoms with Gasteiger partial charge in [0, 0.05) is 19.1 Å². The largest absolute Gasteiger partial charge is 0.444 e. The lowest BCUT2D eigenvalue weighted by Crippen LogP contribution is -2.49. The van der Waals surface area contributed by atoms with Crippen LogP contribution in [0.1, 0.15) is 33.6 Å². The number of piperidine rings is 1. The first kappa shape index (κ1) is 16.1. The van der Waals surface area contributed by atoms with Gasteiger partial charge in [-0.25, -0.2) is 9.78 Å². The standard InChI is InChI=1S/C17H23N3O2S/c1-17(2,3)22-16(21)18-12-7-6-10-20(11-12)15-19-13-8-4-5-9-14(13)23-15/h4-5,8-9,12H,6-7,10-11H2,1-3H3,(H,18,21). The minimum Gasteiger partial charge on any atom is -0.444 e. The summed E-state index contributed by atoms with van der Waals surface area (Å²) in [4.78, 5) is 18.9. The van der Waals surface area contributed by atoms with E-state index in [1.54, 1.807) is 11.3 Å². The molecule has 0 saturated carbocycles. The summed E-state index contributed by atoms with van der Waals surface area (Å²) in [5.74, 6) is 0. The maximum absolute atomic E-state index is 11.9. The molecule has 6 heteroatoms. The first-order valence-electron chi connectivity index (χ1n) is 8.01. The average Bonchev–Trinajstić information content (AvgIpc) is 2.89. The van der Waals surface area contributed by atoms with Crippen molar-refractivity contribution in [2.24, 2.45) is 0 Å². The van der Waals surface area contributed by atoms with Crippen molar-refractivity contribution in [1.82, 2.24) is 10.3 Å². The number of nitrogens with one attached hydrogen (secondary N) is 1. The third-order valence-corrected chi connectivity index (χ3v) is 4.79. The van der Waals surface area contributed by atoms with Gasteiger partial charge in [-0.05, 0) is 45.7 Å². The number of fused-ring (bicyclic) bond motifs is 1. The van der Waals surface area contributed by atoms with Gasteiger partial charge in [0.05, 0.1) is 10.2 Å². The number of carbonyl (C=O) groups excluding carboxylic acids is 1. The molecule has 1 aromatic heterocycles. The molecule has 1 saturated heterocycles. The molecule has 23 heavy (non-hydrogen) atoms. The van der Waals surface area contributed by atoms with Gasteiger partial charge in [-0.2, -0.15) is 0 Å². The third-order valence-electron chi connectivity index (χ3n) is 3.70. The normalized spacial score (nSPS) is 18.9. The van der Waals surface area contributed by atoms with Crippen molar-refractivity contribution in [1.29, 1.82) is 0 Å². The Morgan fingerprint density at radius 2 is 2.17 bits per heavy atom. The van der Waals surface area contributed by atoms with E-state index in [9.17, 15) is 4.79 Å². The molecule has 0 radical (unpaired) electrons. The maximum atomic E-state index is 11.9. The lowest BCUT2D eigenvalue weighted by molar-refractivity contribution is 0.0500. The molecule has 1 amide bonds. The van der Waals surface area contributed by atoms with Crippen LogP contribution in [0.15, 0.2) is 24.3 Å². The van der Waals surface area contributed by atoms with Crippen LogP contribution in [0.3, 0.4) is 0 Å². The van der Waals surface area contributed by atoms with Gasteiger partial charge in [0.25, 0.3) is 0 Å². The minimum absolute atomic E-state index is 0.102. The fraction of sp³-hybridized carbons (Fsp3) is 0.529. The molecule has 2 aromatic rings. The van der Waals surface area contributed by atoms with E-state index in [-0.39, 0.29) is 12.1 Å². The van der Waals surface area contributed by atoms with Gasteiger partial charge in [-0.1, -0.05) is 23.5 Å². The van der Waals surface area contributed by atoms with E-state index >= 15 is 0 Å². The number of hydrogen-bond donors (Lipinski definition) is 1. The quantitative estimate of drug-likeness (QED) is 0.908. The highest BCUT2D eigenvalue weighted by Gasteiger charge is 2.25. The van der Waals surface area contributed by atoms with Crippen LogP contribution in [0, 0.1) is 0 Å². The Balaban J connectivity index is 1.65. The van der Waals surface area contributed by atoms with Crippen molar-refractivity contribution in [2.45, 2.75) is 45.3 Å². The van der Waals surface area contributed by atoms with Crippen molar-refractivity contribution >= 4 is 32.8 Å². The Morgan fingerprint density at radius 3 is 2.91 bits per heavy atom. The number of para-hydroxylation sites is 1. The zero-order chi connectivity index (χ0) is 16.4. The van der Waals surface area contributed by atoms with E-state index in [0.29, 0.717) is 0 Å². The molecular weight excluding hydrogens is 310 g/mol. The lowest BCUT2D eigenvalue weighted by atomic mass is 10.1. The van der Waals surface area contributed by atoms with E-state index < -0.39 is 5.60 Å². The molecule has 1 unspecified atom stereocenters. The van der Waals surface area contributed by atoms with E-state index in [1.807, 2.05) is 39.0 Å². The van der Waals surface area contributed by atoms with Gasteiger partial charge < -0.3 is 15.0 Å². The Labute approximate surface area is 140 Å². The first-order chi connectivity index (χ1) is 10.9. The maximum Gasteiger partial charge on any atom is 0.407 e. The van der Waals surface area contributed by atoms with Crippen molar-refractivity contribution < 1.29 is 9.53 Å². The number of rotatable bonds is 2. The number of amides is 1. The number of alkyl carbamates (subject to hydrolysis) is 1. The monoisotopic (exact) mass is 333 g/mol. The summed E-state index contributed by atoms with van der Waals surface area (Å²) >= 11 is 1.71. The highest BCUT2D eigenvalue weighted by molar-refractivity contribution is 7.22. The molecule has 1 aromatic carbocycles. The average molecular weight is 333 g/mol. The lowest BCUT2D eigenvalue weighted by Gasteiger charge is -2.33. The molecule has 0 bridgehead atoms. The molecule has 2 heterocycles. The summed E-state index contributed by atoms with van der Waals surface area (Å²) < 4.78 is 6.55. The minimum atomic E-state index is -0.467. The Bertz CT molecular complexity index is 659. The van der Waals surface area contributed by atoms with E-state index in [0.717, 1.165) is 36.6 Å². The van der Waals surface area contributed by atoms with Crippen LogP contribution in [0.2, 0.25) is 0 Å². The van der Waals surface area contributed by atoms with Crippen LogP contribution < -0.4 is 10.2 Å². The van der Waals surface area contributed by atoms with Gasteiger partial charge in [-0.3, -0.25) is 0 Å². The van der Waals surface area contributed by atoms with E-state index in [2.05, 4.69) is 16.3 Å². The number of benzene rings is 1. The second-order valence-corrected chi connectivity index (χ2v) is 7.90. The van der Waals surface area contributed by atoms with Crippen molar-refractivity contribution in [3.05, 3.63) is 24.3 Å². The molecule has 5 nitrogen and oxygen atoms in total. The number of nitrogens with zero attached hydrogens (tertiary/aromatic N) is 2. The van der Waals surface area contributed by atoms with E-state index in [1.165, 1.54) is 4.70 Å². The highest BCUT2D eigenvalue weighted by atomic mass is 32.1. The zero-order valence-corrected chi connectivity index (χ0v) is 14.7. The fourth-order valence-electron chi connectivity index (χ4n) is 2.74. The van der Waals surface area contributed by atoms with Gasteiger partial charge in [0.1, 0.15) is 5.60 Å². The number of anilines is 1. The summed E-state index contributed by atoms with van der Waals surface area (Å²) in [6.07, 6.45) is 1.67. The van der Waals surface area contributed by atoms with Crippen LogP contribution in [0.25, 0.3) is 10.2 Å².